The smallest absolute Gasteiger partial charge is 1.00 e. The zero-order valence-corrected chi connectivity index (χ0v) is 7.11. The third-order valence-corrected chi connectivity index (χ3v) is 0.406. The minimum atomic E-state index is -0.881. The van der Waals surface area contributed by atoms with Gasteiger partial charge in [-0.15, -0.1) is 0 Å². The van der Waals surface area contributed by atoms with Gasteiger partial charge in [0.15, 0.2) is 0 Å². The minimum Gasteiger partial charge on any atom is -1.00 e. The second kappa shape index (κ2) is 9.91. The number of carboxylic acid groups (broad SMARTS) is 1. The van der Waals surface area contributed by atoms with Crippen molar-refractivity contribution in [1.82, 2.24) is 6.15 Å². The molecule has 0 amide bonds. The van der Waals surface area contributed by atoms with Gasteiger partial charge in [-0.1, -0.05) is 0 Å². The van der Waals surface area contributed by atoms with Crippen LogP contribution in [0.1, 0.15) is 1.43 Å². The molecule has 0 atom stereocenters. The summed E-state index contributed by atoms with van der Waals surface area (Å²) in [4.78, 5) is 9.29. The molecule has 40 valence electrons. The molecule has 0 aliphatic rings. The molecular weight excluding hydrogens is 125 g/mol. The Morgan fingerprint density at radius 2 is 2.00 bits per heavy atom. The fourth-order valence-electron chi connectivity index (χ4n) is 0. The zero-order chi connectivity index (χ0) is 4.28. The van der Waals surface area contributed by atoms with Crippen molar-refractivity contribution < 1.29 is 40.9 Å². The molecule has 0 heterocycles. The Labute approximate surface area is 71.2 Å². The minimum absolute atomic E-state index is 0. The van der Waals surface area contributed by atoms with Crippen LogP contribution in [-0.4, -0.2) is 16.8 Å². The normalized spacial score (nSPS) is 5.29. The molecule has 7 heavy (non-hydrogen) atoms. The van der Waals surface area contributed by atoms with Crippen molar-refractivity contribution in [3.8, 4) is 0 Å². The first-order valence-electron chi connectivity index (χ1n) is 1.10. The molecule has 0 aromatic carbocycles. The number of aliphatic carboxylic acids is 1. The maximum absolute atomic E-state index is 9.29. The standard InChI is InChI=1S/C2H4O2S.H3N.Na.H/c3-2(4)1-5;;;/h5H,1H2,(H,3,4);1H3;;/q;;+1;-1. The van der Waals surface area contributed by atoms with E-state index in [-0.39, 0.29) is 42.9 Å². The van der Waals surface area contributed by atoms with Crippen LogP contribution in [0, 0.1) is 0 Å². The van der Waals surface area contributed by atoms with Crippen LogP contribution < -0.4 is 35.7 Å². The SMILES string of the molecule is N.O=C(O)CS.[H-].[Na+]. The molecular formula is C2H8NNaO2S. The average molecular weight is 133 g/mol. The van der Waals surface area contributed by atoms with Crippen molar-refractivity contribution >= 4 is 18.6 Å². The largest absolute Gasteiger partial charge is 1.00 e. The Hall–Kier alpha value is 0.780. The van der Waals surface area contributed by atoms with E-state index in [1.807, 2.05) is 0 Å². The maximum Gasteiger partial charge on any atom is 1.00 e. The first-order valence-corrected chi connectivity index (χ1v) is 1.73. The number of carbonyl (C=O) groups is 1. The number of carboxylic acids is 1. The Morgan fingerprint density at radius 3 is 2.00 bits per heavy atom. The molecule has 0 unspecified atom stereocenters. The van der Waals surface area contributed by atoms with Gasteiger partial charge in [0, 0.05) is 0 Å². The van der Waals surface area contributed by atoms with Crippen molar-refractivity contribution in [2.45, 2.75) is 0 Å². The first kappa shape index (κ1) is 15.7. The predicted octanol–water partition coefficient (Wildman–Crippen LogP) is -2.72. The average Bonchev–Trinajstić information content (AvgIpc) is 1.38. The van der Waals surface area contributed by atoms with E-state index in [1.54, 1.807) is 0 Å². The topological polar surface area (TPSA) is 72.3 Å². The summed E-state index contributed by atoms with van der Waals surface area (Å²) in [7, 11) is 0. The predicted molar refractivity (Wildman–Crippen MR) is 27.6 cm³/mol. The molecule has 0 bridgehead atoms. The molecule has 0 rings (SSSR count). The molecule has 4 N–H and O–H groups in total. The summed E-state index contributed by atoms with van der Waals surface area (Å²) in [6, 6.07) is 0. The molecule has 0 radical (unpaired) electrons. The number of thiol groups is 1. The third-order valence-electron chi connectivity index (χ3n) is 0.135. The van der Waals surface area contributed by atoms with Gasteiger partial charge in [-0.05, 0) is 0 Å². The van der Waals surface area contributed by atoms with Crippen molar-refractivity contribution in [2.24, 2.45) is 0 Å². The molecule has 0 aliphatic carbocycles. The van der Waals surface area contributed by atoms with Gasteiger partial charge in [0.25, 0.3) is 0 Å². The molecule has 0 saturated carbocycles. The Kier molecular flexibility index (Phi) is 22.2. The van der Waals surface area contributed by atoms with Gasteiger partial charge < -0.3 is 12.7 Å². The van der Waals surface area contributed by atoms with Crippen LogP contribution in [0.3, 0.4) is 0 Å². The Morgan fingerprint density at radius 1 is 1.86 bits per heavy atom. The van der Waals surface area contributed by atoms with Crippen LogP contribution in [0.25, 0.3) is 0 Å². The number of hydrogen-bond acceptors (Lipinski definition) is 3. The van der Waals surface area contributed by atoms with Gasteiger partial charge in [-0.25, -0.2) is 0 Å². The van der Waals surface area contributed by atoms with Crippen LogP contribution in [0.15, 0.2) is 0 Å². The van der Waals surface area contributed by atoms with E-state index in [4.69, 9.17) is 5.11 Å². The molecule has 5 heteroatoms. The first-order chi connectivity index (χ1) is 2.27. The summed E-state index contributed by atoms with van der Waals surface area (Å²) in [6.07, 6.45) is 0. The summed E-state index contributed by atoms with van der Waals surface area (Å²) in [5.41, 5.74) is 0. The van der Waals surface area contributed by atoms with E-state index >= 15 is 0 Å². The molecule has 0 spiro atoms. The van der Waals surface area contributed by atoms with E-state index in [0.717, 1.165) is 0 Å². The van der Waals surface area contributed by atoms with E-state index in [2.05, 4.69) is 12.6 Å². The second-order valence-corrected chi connectivity index (χ2v) is 0.868. The maximum atomic E-state index is 9.29. The van der Waals surface area contributed by atoms with Gasteiger partial charge in [0.2, 0.25) is 0 Å². The van der Waals surface area contributed by atoms with E-state index < -0.39 is 5.97 Å². The van der Waals surface area contributed by atoms with Gasteiger partial charge >= 0.3 is 35.5 Å². The summed E-state index contributed by atoms with van der Waals surface area (Å²) in [5, 5.41) is 7.65. The van der Waals surface area contributed by atoms with Crippen molar-refractivity contribution in [3.63, 3.8) is 0 Å². The summed E-state index contributed by atoms with van der Waals surface area (Å²) >= 11 is 3.42. The third kappa shape index (κ3) is 20.0. The fourth-order valence-corrected chi connectivity index (χ4v) is 0. The van der Waals surface area contributed by atoms with E-state index in [0.29, 0.717) is 0 Å². The Bertz CT molecular complexity index is 55.3. The van der Waals surface area contributed by atoms with Gasteiger partial charge in [-0.2, -0.15) is 12.6 Å². The second-order valence-electron chi connectivity index (χ2n) is 0.552. The van der Waals surface area contributed by atoms with Crippen LogP contribution in [0.5, 0.6) is 0 Å². The van der Waals surface area contributed by atoms with Crippen molar-refractivity contribution in [3.05, 3.63) is 0 Å². The number of rotatable bonds is 1. The molecule has 0 aromatic rings. The van der Waals surface area contributed by atoms with Crippen molar-refractivity contribution in [1.29, 1.82) is 0 Å². The quantitative estimate of drug-likeness (QED) is 0.269. The monoisotopic (exact) mass is 133 g/mol. The van der Waals surface area contributed by atoms with Crippen LogP contribution in [0.4, 0.5) is 0 Å². The Balaban J connectivity index is -0.0000000267. The van der Waals surface area contributed by atoms with Crippen LogP contribution in [0.2, 0.25) is 0 Å². The van der Waals surface area contributed by atoms with Gasteiger partial charge in [0.05, 0.1) is 5.75 Å². The van der Waals surface area contributed by atoms with E-state index in [9.17, 15) is 4.79 Å². The summed E-state index contributed by atoms with van der Waals surface area (Å²) < 4.78 is 0. The number of hydrogen-bond donors (Lipinski definition) is 3. The molecule has 0 fully saturated rings. The molecule has 3 nitrogen and oxygen atoms in total. The van der Waals surface area contributed by atoms with Gasteiger partial charge in [0.1, 0.15) is 0 Å². The van der Waals surface area contributed by atoms with Crippen molar-refractivity contribution in [2.75, 3.05) is 5.75 Å². The molecule has 0 saturated heterocycles. The van der Waals surface area contributed by atoms with Crippen LogP contribution in [-0.2, 0) is 4.79 Å². The molecule has 0 aliphatic heterocycles. The summed E-state index contributed by atoms with van der Waals surface area (Å²) in [5.74, 6) is -0.965. The zero-order valence-electron chi connectivity index (χ0n) is 5.22. The molecule has 0 aromatic heterocycles. The fraction of sp³-hybridized carbons (Fsp3) is 0.500. The van der Waals surface area contributed by atoms with Crippen LogP contribution >= 0.6 is 12.6 Å². The van der Waals surface area contributed by atoms with Gasteiger partial charge in [-0.3, -0.25) is 4.79 Å². The summed E-state index contributed by atoms with van der Waals surface area (Å²) in [6.45, 7) is 0. The van der Waals surface area contributed by atoms with E-state index in [1.165, 1.54) is 0 Å².